The van der Waals surface area contributed by atoms with Crippen LogP contribution >= 0.6 is 0 Å². The molecule has 9 aromatic rings. The Balaban J connectivity index is 1.19. The number of fused-ring (bicyclic) bond motifs is 9. The quantitative estimate of drug-likeness (QED) is 0.180. The van der Waals surface area contributed by atoms with E-state index in [0.717, 1.165) is 50.0 Å². The summed E-state index contributed by atoms with van der Waals surface area (Å²) in [6.07, 6.45) is 0.680. The van der Waals surface area contributed by atoms with Gasteiger partial charge < -0.3 is 4.42 Å². The van der Waals surface area contributed by atoms with Gasteiger partial charge in [0.1, 0.15) is 11.2 Å². The molecule has 0 saturated carbocycles. The first-order valence-electron chi connectivity index (χ1n) is 16.8. The lowest BCUT2D eigenvalue weighted by atomic mass is 9.95. The van der Waals surface area contributed by atoms with Crippen LogP contribution in [0.1, 0.15) is 30.0 Å². The lowest BCUT2D eigenvalue weighted by Crippen LogP contribution is -2.06. The van der Waals surface area contributed by atoms with Gasteiger partial charge in [-0.15, -0.1) is 0 Å². The Morgan fingerprint density at radius 3 is 1.78 bits per heavy atom. The van der Waals surface area contributed by atoms with E-state index in [1.54, 1.807) is 0 Å². The highest BCUT2D eigenvalue weighted by Crippen LogP contribution is 2.36. The summed E-state index contributed by atoms with van der Waals surface area (Å²) in [6.45, 7) is 2.20. The topological polar surface area (TPSA) is 37.9 Å². The molecule has 0 fully saturated rings. The van der Waals surface area contributed by atoms with E-state index < -0.39 is 0 Å². The smallest absolute Gasteiger partial charge is 0.160 e. The Morgan fingerprint density at radius 2 is 1.04 bits per heavy atom. The SMILES string of the molecule is CC1=C(c2ccc3c(ccc4ccccc43)c2)N=C(c2cccc3oc4ccccc4c23)N=C(c2ccc3c(ccc4ccccc43)c2)C1. The number of para-hydroxylation sites is 1. The summed E-state index contributed by atoms with van der Waals surface area (Å²) in [5.41, 5.74) is 7.98. The Morgan fingerprint density at radius 1 is 0.469 bits per heavy atom. The van der Waals surface area contributed by atoms with Crippen LogP contribution in [-0.4, -0.2) is 11.5 Å². The van der Waals surface area contributed by atoms with Crippen molar-refractivity contribution in [3.8, 4) is 0 Å². The molecule has 0 amide bonds. The van der Waals surface area contributed by atoms with Crippen LogP contribution in [0.2, 0.25) is 0 Å². The Labute approximate surface area is 283 Å². The molecule has 0 bridgehead atoms. The Bertz CT molecular complexity index is 2920. The molecule has 0 N–H and O–H groups in total. The molecular formula is C46H30N2O. The zero-order chi connectivity index (χ0) is 32.5. The zero-order valence-electron chi connectivity index (χ0n) is 26.9. The Kier molecular flexibility index (Phi) is 6.16. The van der Waals surface area contributed by atoms with Crippen LogP contribution in [0.5, 0.6) is 0 Å². The van der Waals surface area contributed by atoms with Crippen LogP contribution in [0.3, 0.4) is 0 Å². The van der Waals surface area contributed by atoms with E-state index >= 15 is 0 Å². The van der Waals surface area contributed by atoms with Crippen LogP contribution in [0.25, 0.3) is 70.7 Å². The van der Waals surface area contributed by atoms with Crippen molar-refractivity contribution in [2.45, 2.75) is 13.3 Å². The van der Waals surface area contributed by atoms with Gasteiger partial charge in [-0.2, -0.15) is 0 Å². The average Bonchev–Trinajstić information content (AvgIpc) is 3.45. The minimum absolute atomic E-state index is 0.680. The molecule has 8 aromatic carbocycles. The summed E-state index contributed by atoms with van der Waals surface area (Å²) >= 11 is 0. The summed E-state index contributed by atoms with van der Waals surface area (Å²) in [5, 5.41) is 12.0. The number of allylic oxidation sites excluding steroid dienone is 1. The third-order valence-corrected chi connectivity index (χ3v) is 10.0. The predicted molar refractivity (Wildman–Crippen MR) is 207 cm³/mol. The molecule has 2 heterocycles. The van der Waals surface area contributed by atoms with Gasteiger partial charge in [-0.1, -0.05) is 127 Å². The normalized spacial score (nSPS) is 13.9. The second-order valence-electron chi connectivity index (χ2n) is 13.0. The fourth-order valence-electron chi connectivity index (χ4n) is 7.64. The van der Waals surface area contributed by atoms with Crippen molar-refractivity contribution in [1.29, 1.82) is 0 Å². The highest BCUT2D eigenvalue weighted by atomic mass is 16.3. The van der Waals surface area contributed by atoms with Gasteiger partial charge in [0.15, 0.2) is 5.84 Å². The van der Waals surface area contributed by atoms with E-state index in [0.29, 0.717) is 12.3 Å². The number of rotatable bonds is 3. The largest absolute Gasteiger partial charge is 0.456 e. The zero-order valence-corrected chi connectivity index (χ0v) is 26.9. The first-order valence-corrected chi connectivity index (χ1v) is 16.8. The van der Waals surface area contributed by atoms with Gasteiger partial charge in [0.2, 0.25) is 0 Å². The molecule has 0 spiro atoms. The van der Waals surface area contributed by atoms with Gasteiger partial charge in [0.25, 0.3) is 0 Å². The molecule has 0 unspecified atom stereocenters. The first kappa shape index (κ1) is 27.8. The van der Waals surface area contributed by atoms with E-state index in [1.807, 2.05) is 24.3 Å². The molecule has 0 atom stereocenters. The molecular weight excluding hydrogens is 597 g/mol. The second-order valence-corrected chi connectivity index (χ2v) is 13.0. The van der Waals surface area contributed by atoms with Crippen LogP contribution in [0.15, 0.2) is 172 Å². The lowest BCUT2D eigenvalue weighted by molar-refractivity contribution is 0.669. The monoisotopic (exact) mass is 626 g/mol. The van der Waals surface area contributed by atoms with Crippen molar-refractivity contribution >= 4 is 82.3 Å². The number of nitrogens with zero attached hydrogens (tertiary/aromatic N) is 2. The standard InChI is InChI=1S/C46H30N2O/c1-28-25-41(33-21-23-37-31(26-33)19-17-29-9-2-4-11-35(29)37)47-46(40-14-8-16-43-44(40)39-13-6-7-15-42(39)49-43)48-45(28)34-22-24-38-32(27-34)20-18-30-10-3-5-12-36(30)38/h2-24,26-27H,25H2,1H3. The van der Waals surface area contributed by atoms with Gasteiger partial charge in [-0.25, -0.2) is 9.98 Å². The number of hydrogen-bond donors (Lipinski definition) is 0. The van der Waals surface area contributed by atoms with Crippen LogP contribution in [0.4, 0.5) is 0 Å². The highest BCUT2D eigenvalue weighted by Gasteiger charge is 2.21. The van der Waals surface area contributed by atoms with Gasteiger partial charge in [0.05, 0.1) is 11.4 Å². The molecule has 1 aliphatic heterocycles. The lowest BCUT2D eigenvalue weighted by Gasteiger charge is -2.11. The van der Waals surface area contributed by atoms with Crippen molar-refractivity contribution in [2.24, 2.45) is 9.98 Å². The fraction of sp³-hybridized carbons (Fsp3) is 0.0435. The number of aliphatic imine (C=N–C) groups is 2. The third-order valence-electron chi connectivity index (χ3n) is 10.0. The summed E-state index contributed by atoms with van der Waals surface area (Å²) in [5.74, 6) is 0.691. The molecule has 0 radical (unpaired) electrons. The van der Waals surface area contributed by atoms with Crippen LogP contribution in [0, 0.1) is 0 Å². The van der Waals surface area contributed by atoms with Crippen molar-refractivity contribution < 1.29 is 4.42 Å². The van der Waals surface area contributed by atoms with Crippen molar-refractivity contribution in [1.82, 2.24) is 0 Å². The number of amidine groups is 1. The maximum Gasteiger partial charge on any atom is 0.160 e. The minimum Gasteiger partial charge on any atom is -0.456 e. The molecule has 3 heteroatoms. The van der Waals surface area contributed by atoms with Crippen molar-refractivity contribution in [3.05, 3.63) is 174 Å². The van der Waals surface area contributed by atoms with E-state index in [1.165, 1.54) is 48.7 Å². The molecule has 0 saturated heterocycles. The summed E-state index contributed by atoms with van der Waals surface area (Å²) < 4.78 is 6.31. The van der Waals surface area contributed by atoms with E-state index in [2.05, 4.69) is 134 Å². The third kappa shape index (κ3) is 4.51. The maximum absolute atomic E-state index is 6.31. The second kappa shape index (κ2) is 10.9. The maximum atomic E-state index is 6.31. The van der Waals surface area contributed by atoms with Gasteiger partial charge in [0, 0.05) is 28.3 Å². The molecule has 3 nitrogen and oxygen atoms in total. The molecule has 230 valence electrons. The summed E-state index contributed by atoms with van der Waals surface area (Å²) in [6, 6.07) is 53.9. The molecule has 10 rings (SSSR count). The number of furan rings is 1. The highest BCUT2D eigenvalue weighted by molar-refractivity contribution is 6.24. The van der Waals surface area contributed by atoms with Crippen LogP contribution in [-0.2, 0) is 0 Å². The summed E-state index contributed by atoms with van der Waals surface area (Å²) in [7, 11) is 0. The van der Waals surface area contributed by atoms with Crippen molar-refractivity contribution in [3.63, 3.8) is 0 Å². The molecule has 0 aliphatic carbocycles. The van der Waals surface area contributed by atoms with E-state index in [-0.39, 0.29) is 0 Å². The van der Waals surface area contributed by atoms with E-state index in [9.17, 15) is 0 Å². The average molecular weight is 627 g/mol. The number of benzene rings is 8. The first-order chi connectivity index (χ1) is 24.2. The van der Waals surface area contributed by atoms with Gasteiger partial charge in [-0.05, 0) is 85.4 Å². The summed E-state index contributed by atoms with van der Waals surface area (Å²) in [4.78, 5) is 10.9. The van der Waals surface area contributed by atoms with Crippen molar-refractivity contribution in [2.75, 3.05) is 0 Å². The Hall–Kier alpha value is -6.32. The number of hydrogen-bond acceptors (Lipinski definition) is 3. The molecule has 1 aliphatic rings. The minimum atomic E-state index is 0.680. The van der Waals surface area contributed by atoms with Gasteiger partial charge in [-0.3, -0.25) is 0 Å². The van der Waals surface area contributed by atoms with Crippen LogP contribution < -0.4 is 0 Å². The molecule has 49 heavy (non-hydrogen) atoms. The van der Waals surface area contributed by atoms with Gasteiger partial charge >= 0.3 is 0 Å². The molecule has 1 aromatic heterocycles. The predicted octanol–water partition coefficient (Wildman–Crippen LogP) is 12.3. The van der Waals surface area contributed by atoms with E-state index in [4.69, 9.17) is 14.4 Å². The fourth-order valence-corrected chi connectivity index (χ4v) is 7.64.